The third kappa shape index (κ3) is 6.72. The molecule has 0 saturated heterocycles. The molecule has 0 aliphatic heterocycles. The van der Waals surface area contributed by atoms with Crippen molar-refractivity contribution < 1.29 is 14.3 Å². The molecule has 2 N–H and O–H groups in total. The van der Waals surface area contributed by atoms with Crippen LogP contribution >= 0.6 is 0 Å². The van der Waals surface area contributed by atoms with Gasteiger partial charge in [0.25, 0.3) is 0 Å². The number of carbonyl (C=O) groups is 2. The van der Waals surface area contributed by atoms with Gasteiger partial charge in [0.1, 0.15) is 5.75 Å². The minimum absolute atomic E-state index is 0.0530. The van der Waals surface area contributed by atoms with E-state index in [-0.39, 0.29) is 24.3 Å². The molecule has 1 aromatic carbocycles. The van der Waals surface area contributed by atoms with Crippen molar-refractivity contribution in [2.45, 2.75) is 47.1 Å². The van der Waals surface area contributed by atoms with Gasteiger partial charge in [-0.1, -0.05) is 32.9 Å². The van der Waals surface area contributed by atoms with Gasteiger partial charge in [0.15, 0.2) is 0 Å². The standard InChI is InChI=1S/C18H28N2O3/c1-6-23-15-9-7-8-14(12-15)13(2)20-16(21)10-11-19-17(22)18(3,4)5/h7-9,12-13H,6,10-11H2,1-5H3,(H,19,22)(H,20,21). The van der Waals surface area contributed by atoms with Gasteiger partial charge in [0.05, 0.1) is 12.6 Å². The van der Waals surface area contributed by atoms with Gasteiger partial charge in [-0.3, -0.25) is 9.59 Å². The third-order valence-electron chi connectivity index (χ3n) is 3.37. The number of amides is 2. The molecule has 128 valence electrons. The molecule has 2 amide bonds. The summed E-state index contributed by atoms with van der Waals surface area (Å²) in [7, 11) is 0. The Kier molecular flexibility index (Phi) is 7.07. The lowest BCUT2D eigenvalue weighted by Crippen LogP contribution is -2.37. The molecule has 5 heteroatoms. The van der Waals surface area contributed by atoms with Crippen LogP contribution in [0.25, 0.3) is 0 Å². The average molecular weight is 320 g/mol. The van der Waals surface area contributed by atoms with E-state index in [0.717, 1.165) is 11.3 Å². The molecular formula is C18H28N2O3. The van der Waals surface area contributed by atoms with E-state index < -0.39 is 5.41 Å². The van der Waals surface area contributed by atoms with Gasteiger partial charge in [0, 0.05) is 18.4 Å². The fraction of sp³-hybridized carbons (Fsp3) is 0.556. The van der Waals surface area contributed by atoms with Crippen LogP contribution in [0.2, 0.25) is 0 Å². The summed E-state index contributed by atoms with van der Waals surface area (Å²) in [6.07, 6.45) is 0.261. The number of nitrogens with one attached hydrogen (secondary N) is 2. The number of hydrogen-bond acceptors (Lipinski definition) is 3. The summed E-state index contributed by atoms with van der Waals surface area (Å²) in [6, 6.07) is 7.57. The van der Waals surface area contributed by atoms with Gasteiger partial charge in [0.2, 0.25) is 11.8 Å². The zero-order chi connectivity index (χ0) is 17.5. The van der Waals surface area contributed by atoms with E-state index >= 15 is 0 Å². The lowest BCUT2D eigenvalue weighted by molar-refractivity contribution is -0.128. The highest BCUT2D eigenvalue weighted by Gasteiger charge is 2.20. The van der Waals surface area contributed by atoms with Crippen LogP contribution in [0.3, 0.4) is 0 Å². The first-order valence-corrected chi connectivity index (χ1v) is 8.04. The number of rotatable bonds is 7. The fourth-order valence-corrected chi connectivity index (χ4v) is 1.99. The molecular weight excluding hydrogens is 292 g/mol. The second kappa shape index (κ2) is 8.56. The normalized spacial score (nSPS) is 12.4. The Morgan fingerprint density at radius 1 is 1.26 bits per heavy atom. The Bertz CT molecular complexity index is 535. The van der Waals surface area contributed by atoms with Crippen LogP contribution < -0.4 is 15.4 Å². The van der Waals surface area contributed by atoms with E-state index in [2.05, 4.69) is 10.6 Å². The minimum Gasteiger partial charge on any atom is -0.494 e. The van der Waals surface area contributed by atoms with Crippen molar-refractivity contribution >= 4 is 11.8 Å². The van der Waals surface area contributed by atoms with E-state index in [1.807, 2.05) is 58.9 Å². The van der Waals surface area contributed by atoms with Gasteiger partial charge < -0.3 is 15.4 Å². The maximum absolute atomic E-state index is 12.0. The quantitative estimate of drug-likeness (QED) is 0.812. The average Bonchev–Trinajstić information content (AvgIpc) is 2.46. The van der Waals surface area contributed by atoms with Gasteiger partial charge in [-0.15, -0.1) is 0 Å². The number of benzene rings is 1. The minimum atomic E-state index is -0.441. The zero-order valence-electron chi connectivity index (χ0n) is 14.7. The number of hydrogen-bond donors (Lipinski definition) is 2. The third-order valence-corrected chi connectivity index (χ3v) is 3.37. The van der Waals surface area contributed by atoms with Gasteiger partial charge in [-0.05, 0) is 31.5 Å². The van der Waals surface area contributed by atoms with Crippen LogP contribution in [0, 0.1) is 5.41 Å². The van der Waals surface area contributed by atoms with E-state index in [1.54, 1.807) is 0 Å². The topological polar surface area (TPSA) is 67.4 Å². The Hall–Kier alpha value is -2.04. The maximum Gasteiger partial charge on any atom is 0.225 e. The molecule has 5 nitrogen and oxygen atoms in total. The smallest absolute Gasteiger partial charge is 0.225 e. The highest BCUT2D eigenvalue weighted by Crippen LogP contribution is 2.19. The summed E-state index contributed by atoms with van der Waals surface area (Å²) >= 11 is 0. The van der Waals surface area contributed by atoms with Crippen molar-refractivity contribution in [1.29, 1.82) is 0 Å². The van der Waals surface area contributed by atoms with Crippen LogP contribution in [0.4, 0.5) is 0 Å². The molecule has 0 saturated carbocycles. The molecule has 0 radical (unpaired) electrons. The summed E-state index contributed by atoms with van der Waals surface area (Å²) in [5.41, 5.74) is 0.548. The van der Waals surface area contributed by atoms with Crippen LogP contribution in [-0.2, 0) is 9.59 Å². The van der Waals surface area contributed by atoms with Crippen molar-refractivity contribution in [3.05, 3.63) is 29.8 Å². The molecule has 1 unspecified atom stereocenters. The molecule has 0 fully saturated rings. The zero-order valence-corrected chi connectivity index (χ0v) is 14.7. The Morgan fingerprint density at radius 2 is 1.96 bits per heavy atom. The summed E-state index contributed by atoms with van der Waals surface area (Å²) in [4.78, 5) is 23.7. The predicted octanol–water partition coefficient (Wildman–Crippen LogP) is 2.81. The van der Waals surface area contributed by atoms with Crippen LogP contribution in [0.15, 0.2) is 24.3 Å². The first kappa shape index (κ1) is 19.0. The molecule has 0 heterocycles. The molecule has 0 aliphatic rings. The van der Waals surface area contributed by atoms with Crippen molar-refractivity contribution in [3.8, 4) is 5.75 Å². The molecule has 0 bridgehead atoms. The van der Waals surface area contributed by atoms with Crippen LogP contribution in [-0.4, -0.2) is 25.0 Å². The van der Waals surface area contributed by atoms with Crippen molar-refractivity contribution in [2.75, 3.05) is 13.2 Å². The van der Waals surface area contributed by atoms with Crippen LogP contribution in [0.1, 0.15) is 52.6 Å². The first-order valence-electron chi connectivity index (χ1n) is 8.04. The summed E-state index contributed by atoms with van der Waals surface area (Å²) < 4.78 is 5.46. The highest BCUT2D eigenvalue weighted by atomic mass is 16.5. The Balaban J connectivity index is 2.45. The van der Waals surface area contributed by atoms with Gasteiger partial charge >= 0.3 is 0 Å². The van der Waals surface area contributed by atoms with Crippen molar-refractivity contribution in [3.63, 3.8) is 0 Å². The molecule has 0 aromatic heterocycles. The van der Waals surface area contributed by atoms with E-state index in [0.29, 0.717) is 13.2 Å². The molecule has 1 atom stereocenters. The van der Waals surface area contributed by atoms with E-state index in [1.165, 1.54) is 0 Å². The molecule has 0 aliphatic carbocycles. The molecule has 1 rings (SSSR count). The number of carbonyl (C=O) groups excluding carboxylic acids is 2. The lowest BCUT2D eigenvalue weighted by Gasteiger charge is -2.18. The summed E-state index contributed by atoms with van der Waals surface area (Å²) in [5, 5.41) is 5.70. The van der Waals surface area contributed by atoms with Crippen LogP contribution in [0.5, 0.6) is 5.75 Å². The predicted molar refractivity (Wildman–Crippen MR) is 91.3 cm³/mol. The van der Waals surface area contributed by atoms with E-state index in [9.17, 15) is 9.59 Å². The summed E-state index contributed by atoms with van der Waals surface area (Å²) in [6.45, 7) is 10.3. The maximum atomic E-state index is 12.0. The van der Waals surface area contributed by atoms with E-state index in [4.69, 9.17) is 4.74 Å². The van der Waals surface area contributed by atoms with Gasteiger partial charge in [-0.25, -0.2) is 0 Å². The monoisotopic (exact) mass is 320 g/mol. The Morgan fingerprint density at radius 3 is 2.57 bits per heavy atom. The van der Waals surface area contributed by atoms with Crippen molar-refractivity contribution in [2.24, 2.45) is 5.41 Å². The Labute approximate surface area is 138 Å². The summed E-state index contributed by atoms with van der Waals surface area (Å²) in [5.74, 6) is 0.653. The van der Waals surface area contributed by atoms with Crippen molar-refractivity contribution in [1.82, 2.24) is 10.6 Å². The number of ether oxygens (including phenoxy) is 1. The molecule has 23 heavy (non-hydrogen) atoms. The fourth-order valence-electron chi connectivity index (χ4n) is 1.99. The van der Waals surface area contributed by atoms with Gasteiger partial charge in [-0.2, -0.15) is 0 Å². The first-order chi connectivity index (χ1) is 10.7. The second-order valence-corrected chi connectivity index (χ2v) is 6.55. The lowest BCUT2D eigenvalue weighted by atomic mass is 9.96. The molecule has 0 spiro atoms. The highest BCUT2D eigenvalue weighted by molar-refractivity contribution is 5.82. The SMILES string of the molecule is CCOc1cccc(C(C)NC(=O)CCNC(=O)C(C)(C)C)c1. The second-order valence-electron chi connectivity index (χ2n) is 6.55. The largest absolute Gasteiger partial charge is 0.494 e. The molecule has 1 aromatic rings.